The zero-order valence-electron chi connectivity index (χ0n) is 9.49. The number of hydrogen-bond acceptors (Lipinski definition) is 3. The fourth-order valence-electron chi connectivity index (χ4n) is 1.92. The van der Waals surface area contributed by atoms with E-state index in [1.165, 1.54) is 0 Å². The van der Waals surface area contributed by atoms with Gasteiger partial charge in [-0.05, 0) is 37.9 Å². The van der Waals surface area contributed by atoms with Crippen LogP contribution in [0.15, 0.2) is 18.5 Å². The fourth-order valence-corrected chi connectivity index (χ4v) is 1.92. The van der Waals surface area contributed by atoms with E-state index >= 15 is 0 Å². The van der Waals surface area contributed by atoms with Gasteiger partial charge in [0.15, 0.2) is 0 Å². The van der Waals surface area contributed by atoms with Crippen LogP contribution in [0.2, 0.25) is 0 Å². The summed E-state index contributed by atoms with van der Waals surface area (Å²) in [6, 6.07) is 2.11. The van der Waals surface area contributed by atoms with Crippen LogP contribution in [0.25, 0.3) is 0 Å². The van der Waals surface area contributed by atoms with Crippen molar-refractivity contribution in [1.29, 1.82) is 0 Å². The van der Waals surface area contributed by atoms with Gasteiger partial charge in [0.1, 0.15) is 0 Å². The maximum Gasteiger partial charge on any atom is 0.253 e. The highest BCUT2D eigenvalue weighted by Gasteiger charge is 2.16. The average Bonchev–Trinajstić information content (AvgIpc) is 2.30. The van der Waals surface area contributed by atoms with E-state index < -0.39 is 0 Å². The number of aryl methyl sites for hydroxylation is 1. The van der Waals surface area contributed by atoms with E-state index in [0.717, 1.165) is 31.5 Å². The molecular weight excluding hydrogens is 202 g/mol. The van der Waals surface area contributed by atoms with Crippen molar-refractivity contribution < 1.29 is 4.79 Å². The summed E-state index contributed by atoms with van der Waals surface area (Å²) in [6.45, 7) is 3.86. The number of carbonyl (C=O) groups excluding carboxylic acids is 1. The third kappa shape index (κ3) is 2.79. The lowest BCUT2D eigenvalue weighted by molar-refractivity contribution is 0.0930. The van der Waals surface area contributed by atoms with Crippen LogP contribution < -0.4 is 10.6 Å². The quantitative estimate of drug-likeness (QED) is 0.776. The van der Waals surface area contributed by atoms with E-state index in [1.54, 1.807) is 12.4 Å². The van der Waals surface area contributed by atoms with Crippen LogP contribution in [0.5, 0.6) is 0 Å². The van der Waals surface area contributed by atoms with Gasteiger partial charge in [-0.3, -0.25) is 9.78 Å². The summed E-state index contributed by atoms with van der Waals surface area (Å²) in [7, 11) is 0. The Morgan fingerprint density at radius 2 is 2.44 bits per heavy atom. The van der Waals surface area contributed by atoms with Crippen LogP contribution in [0, 0.1) is 6.92 Å². The van der Waals surface area contributed by atoms with Gasteiger partial charge in [0.05, 0.1) is 5.56 Å². The molecule has 0 aliphatic carbocycles. The predicted molar refractivity (Wildman–Crippen MR) is 62.3 cm³/mol. The first-order chi connectivity index (χ1) is 7.75. The van der Waals surface area contributed by atoms with Crippen molar-refractivity contribution in [3.8, 4) is 0 Å². The lowest BCUT2D eigenvalue weighted by atomic mass is 10.1. The second-order valence-corrected chi connectivity index (χ2v) is 4.27. The summed E-state index contributed by atoms with van der Waals surface area (Å²) in [6.07, 6.45) is 5.53. The zero-order chi connectivity index (χ0) is 11.4. The molecule has 4 nitrogen and oxygen atoms in total. The minimum absolute atomic E-state index is 0.0232. The van der Waals surface area contributed by atoms with Gasteiger partial charge in [0, 0.05) is 25.0 Å². The van der Waals surface area contributed by atoms with Crippen molar-refractivity contribution in [2.24, 2.45) is 0 Å². The normalized spacial score (nSPS) is 20.4. The van der Waals surface area contributed by atoms with Gasteiger partial charge >= 0.3 is 0 Å². The number of rotatable bonds is 2. The summed E-state index contributed by atoms with van der Waals surface area (Å²) < 4.78 is 0. The van der Waals surface area contributed by atoms with Crippen LogP contribution in [0.3, 0.4) is 0 Å². The maximum atomic E-state index is 11.9. The molecule has 2 rings (SSSR count). The van der Waals surface area contributed by atoms with Crippen molar-refractivity contribution in [3.63, 3.8) is 0 Å². The Labute approximate surface area is 95.5 Å². The molecule has 1 aliphatic heterocycles. The minimum atomic E-state index is -0.0232. The number of hydrogen-bond donors (Lipinski definition) is 2. The van der Waals surface area contributed by atoms with Crippen LogP contribution in [-0.4, -0.2) is 30.0 Å². The van der Waals surface area contributed by atoms with Crippen molar-refractivity contribution in [3.05, 3.63) is 29.6 Å². The standard InChI is InChI=1S/C12H17N3O/c1-9-5-10(7-14-6-9)12(16)15-11-3-2-4-13-8-11/h5-7,11,13H,2-4,8H2,1H3,(H,15,16). The fraction of sp³-hybridized carbons (Fsp3) is 0.500. The summed E-state index contributed by atoms with van der Waals surface area (Å²) in [4.78, 5) is 15.9. The van der Waals surface area contributed by atoms with Crippen LogP contribution in [0.1, 0.15) is 28.8 Å². The number of aromatic nitrogens is 1. The number of pyridine rings is 1. The average molecular weight is 219 g/mol. The van der Waals surface area contributed by atoms with E-state index in [9.17, 15) is 4.79 Å². The largest absolute Gasteiger partial charge is 0.348 e. The minimum Gasteiger partial charge on any atom is -0.348 e. The lowest BCUT2D eigenvalue weighted by Crippen LogP contribution is -2.45. The SMILES string of the molecule is Cc1cncc(C(=O)NC2CCCNC2)c1. The summed E-state index contributed by atoms with van der Waals surface area (Å²) in [5, 5.41) is 6.29. The van der Waals surface area contributed by atoms with Crippen LogP contribution in [-0.2, 0) is 0 Å². The van der Waals surface area contributed by atoms with Crippen LogP contribution >= 0.6 is 0 Å². The molecule has 2 N–H and O–H groups in total. The summed E-state index contributed by atoms with van der Waals surface area (Å²) in [5.74, 6) is -0.0232. The summed E-state index contributed by atoms with van der Waals surface area (Å²) in [5.41, 5.74) is 1.65. The van der Waals surface area contributed by atoms with Gasteiger partial charge in [-0.15, -0.1) is 0 Å². The van der Waals surface area contributed by atoms with Gasteiger partial charge in [0.25, 0.3) is 5.91 Å². The Morgan fingerprint density at radius 1 is 1.56 bits per heavy atom. The first-order valence-electron chi connectivity index (χ1n) is 5.69. The van der Waals surface area contributed by atoms with Gasteiger partial charge in [0.2, 0.25) is 0 Å². The molecule has 1 aromatic rings. The molecule has 1 fully saturated rings. The molecule has 1 atom stereocenters. The molecule has 86 valence electrons. The molecule has 1 unspecified atom stereocenters. The number of carbonyl (C=O) groups is 1. The second kappa shape index (κ2) is 5.07. The Morgan fingerprint density at radius 3 is 3.12 bits per heavy atom. The predicted octanol–water partition coefficient (Wildman–Crippen LogP) is 0.872. The molecule has 1 saturated heterocycles. The topological polar surface area (TPSA) is 54.0 Å². The molecule has 0 aromatic carbocycles. The Balaban J connectivity index is 1.97. The van der Waals surface area contributed by atoms with Gasteiger partial charge < -0.3 is 10.6 Å². The molecule has 2 heterocycles. The highest BCUT2D eigenvalue weighted by atomic mass is 16.1. The van der Waals surface area contributed by atoms with Crippen molar-refractivity contribution in [1.82, 2.24) is 15.6 Å². The third-order valence-corrected chi connectivity index (χ3v) is 2.77. The molecule has 4 heteroatoms. The first kappa shape index (κ1) is 11.1. The molecule has 1 aliphatic rings. The summed E-state index contributed by atoms with van der Waals surface area (Å²) >= 11 is 0. The molecule has 0 bridgehead atoms. The van der Waals surface area contributed by atoms with Crippen molar-refractivity contribution in [2.75, 3.05) is 13.1 Å². The van der Waals surface area contributed by atoms with E-state index in [-0.39, 0.29) is 11.9 Å². The van der Waals surface area contributed by atoms with Crippen LogP contribution in [0.4, 0.5) is 0 Å². The van der Waals surface area contributed by atoms with E-state index in [4.69, 9.17) is 0 Å². The molecular formula is C12H17N3O. The molecule has 1 amide bonds. The Kier molecular flexibility index (Phi) is 3.51. The van der Waals surface area contributed by atoms with Crippen molar-refractivity contribution in [2.45, 2.75) is 25.8 Å². The van der Waals surface area contributed by atoms with Crippen molar-refractivity contribution >= 4 is 5.91 Å². The third-order valence-electron chi connectivity index (χ3n) is 2.77. The van der Waals surface area contributed by atoms with Gasteiger partial charge in [-0.25, -0.2) is 0 Å². The number of piperidine rings is 1. The number of nitrogens with one attached hydrogen (secondary N) is 2. The lowest BCUT2D eigenvalue weighted by Gasteiger charge is -2.23. The van der Waals surface area contributed by atoms with Gasteiger partial charge in [-0.1, -0.05) is 0 Å². The van der Waals surface area contributed by atoms with E-state index in [0.29, 0.717) is 5.56 Å². The van der Waals surface area contributed by atoms with E-state index in [2.05, 4.69) is 15.6 Å². The smallest absolute Gasteiger partial charge is 0.253 e. The molecule has 16 heavy (non-hydrogen) atoms. The number of nitrogens with zero attached hydrogens (tertiary/aromatic N) is 1. The molecule has 0 spiro atoms. The first-order valence-corrected chi connectivity index (χ1v) is 5.69. The second-order valence-electron chi connectivity index (χ2n) is 4.27. The molecule has 0 saturated carbocycles. The highest BCUT2D eigenvalue weighted by Crippen LogP contribution is 2.05. The van der Waals surface area contributed by atoms with E-state index in [1.807, 2.05) is 13.0 Å². The zero-order valence-corrected chi connectivity index (χ0v) is 9.49. The van der Waals surface area contributed by atoms with Gasteiger partial charge in [-0.2, -0.15) is 0 Å². The molecule has 0 radical (unpaired) electrons. The Bertz CT molecular complexity index is 372. The maximum absolute atomic E-state index is 11.9. The number of amides is 1. The Hall–Kier alpha value is -1.42. The molecule has 1 aromatic heterocycles. The monoisotopic (exact) mass is 219 g/mol. The highest BCUT2D eigenvalue weighted by molar-refractivity contribution is 5.94.